The van der Waals surface area contributed by atoms with Gasteiger partial charge in [0.2, 0.25) is 0 Å². The molecule has 4 rings (SSSR count). The van der Waals surface area contributed by atoms with Gasteiger partial charge < -0.3 is 9.42 Å². The number of likely N-dealkylation sites (tertiary alicyclic amines) is 1. The Kier molecular flexibility index (Phi) is 5.38. The van der Waals surface area contributed by atoms with Gasteiger partial charge >= 0.3 is 0 Å². The summed E-state index contributed by atoms with van der Waals surface area (Å²) in [7, 11) is 0. The maximum Gasteiger partial charge on any atom is 0.272 e. The predicted octanol–water partition coefficient (Wildman–Crippen LogP) is 3.69. The van der Waals surface area contributed by atoms with Crippen molar-refractivity contribution in [2.75, 3.05) is 6.54 Å². The molecule has 0 aromatic carbocycles. The molecule has 7 nitrogen and oxygen atoms in total. The second-order valence-corrected chi connectivity index (χ2v) is 7.59. The molecule has 0 radical (unpaired) electrons. The molecule has 1 aliphatic rings. The van der Waals surface area contributed by atoms with Gasteiger partial charge in [-0.1, -0.05) is 11.2 Å². The molecule has 0 aliphatic carbocycles. The molecule has 0 N–H and O–H groups in total. The zero-order valence-corrected chi connectivity index (χ0v) is 17.1. The van der Waals surface area contributed by atoms with Crippen molar-refractivity contribution in [3.63, 3.8) is 0 Å². The summed E-state index contributed by atoms with van der Waals surface area (Å²) in [5, 5.41) is 3.97. The van der Waals surface area contributed by atoms with Crippen molar-refractivity contribution in [1.29, 1.82) is 0 Å². The molecule has 1 fully saturated rings. The van der Waals surface area contributed by atoms with Gasteiger partial charge in [-0.3, -0.25) is 19.7 Å². The molecule has 0 saturated carbocycles. The first-order valence-electron chi connectivity index (χ1n) is 10.0. The Morgan fingerprint density at radius 2 is 2.07 bits per heavy atom. The van der Waals surface area contributed by atoms with Gasteiger partial charge in [-0.05, 0) is 58.1 Å². The minimum absolute atomic E-state index is 0.0328. The fourth-order valence-corrected chi connectivity index (χ4v) is 4.02. The van der Waals surface area contributed by atoms with Crippen LogP contribution in [-0.4, -0.2) is 43.5 Å². The average Bonchev–Trinajstić information content (AvgIpc) is 3.33. The van der Waals surface area contributed by atoms with E-state index in [1.807, 2.05) is 44.0 Å². The molecule has 29 heavy (non-hydrogen) atoms. The Balaban J connectivity index is 1.42. The lowest BCUT2D eigenvalue weighted by Gasteiger charge is -2.25. The zero-order valence-electron chi connectivity index (χ0n) is 17.1. The standard InChI is InChI=1S/C22H25N5O2/c1-14-6-4-10-23-21(14)22(28)27-11-5-7-18(27)9-8-17-12-25-19(13-24-17)20-15(2)26-29-16(20)3/h4,6,10,12-13,18H,5,7-9,11H2,1-3H3/t18-/m0/s1. The molecule has 1 atom stereocenters. The van der Waals surface area contributed by atoms with Gasteiger partial charge in [0.05, 0.1) is 28.8 Å². The molecule has 1 amide bonds. The summed E-state index contributed by atoms with van der Waals surface area (Å²) in [4.78, 5) is 28.3. The Morgan fingerprint density at radius 3 is 2.76 bits per heavy atom. The van der Waals surface area contributed by atoms with E-state index in [2.05, 4.69) is 20.1 Å². The summed E-state index contributed by atoms with van der Waals surface area (Å²) in [5.41, 5.74) is 4.89. The zero-order chi connectivity index (χ0) is 20.4. The van der Waals surface area contributed by atoms with Crippen LogP contribution in [0.1, 0.15) is 52.5 Å². The van der Waals surface area contributed by atoms with Crippen LogP contribution in [0.15, 0.2) is 35.2 Å². The van der Waals surface area contributed by atoms with E-state index >= 15 is 0 Å². The lowest BCUT2D eigenvalue weighted by atomic mass is 10.1. The van der Waals surface area contributed by atoms with Crippen molar-refractivity contribution < 1.29 is 9.32 Å². The molecule has 1 aliphatic heterocycles. The van der Waals surface area contributed by atoms with Gasteiger partial charge in [0.15, 0.2) is 0 Å². The Labute approximate surface area is 170 Å². The second-order valence-electron chi connectivity index (χ2n) is 7.59. The van der Waals surface area contributed by atoms with E-state index in [-0.39, 0.29) is 11.9 Å². The van der Waals surface area contributed by atoms with Crippen LogP contribution in [0.25, 0.3) is 11.3 Å². The number of aryl methyl sites for hydroxylation is 4. The highest BCUT2D eigenvalue weighted by Crippen LogP contribution is 2.26. The first kappa shape index (κ1) is 19.2. The van der Waals surface area contributed by atoms with Gasteiger partial charge in [0, 0.05) is 25.0 Å². The van der Waals surface area contributed by atoms with Crippen molar-refractivity contribution in [3.8, 4) is 11.3 Å². The van der Waals surface area contributed by atoms with Gasteiger partial charge in [-0.2, -0.15) is 0 Å². The topological polar surface area (TPSA) is 85.0 Å². The molecule has 7 heteroatoms. The molecule has 3 aromatic heterocycles. The first-order valence-corrected chi connectivity index (χ1v) is 10.0. The van der Waals surface area contributed by atoms with Crippen LogP contribution in [0.5, 0.6) is 0 Å². The van der Waals surface area contributed by atoms with Crippen molar-refractivity contribution in [2.24, 2.45) is 0 Å². The second kappa shape index (κ2) is 8.11. The molecule has 0 spiro atoms. The summed E-state index contributed by atoms with van der Waals surface area (Å²) < 4.78 is 5.21. The summed E-state index contributed by atoms with van der Waals surface area (Å²) in [6.45, 7) is 6.49. The number of amides is 1. The molecule has 150 valence electrons. The van der Waals surface area contributed by atoms with E-state index in [4.69, 9.17) is 4.52 Å². The quantitative estimate of drug-likeness (QED) is 0.659. The molecular weight excluding hydrogens is 366 g/mol. The lowest BCUT2D eigenvalue weighted by Crippen LogP contribution is -2.36. The highest BCUT2D eigenvalue weighted by atomic mass is 16.5. The van der Waals surface area contributed by atoms with Crippen molar-refractivity contribution in [2.45, 2.75) is 52.5 Å². The smallest absolute Gasteiger partial charge is 0.272 e. The average molecular weight is 391 g/mol. The maximum atomic E-state index is 13.0. The van der Waals surface area contributed by atoms with Crippen LogP contribution in [0.2, 0.25) is 0 Å². The minimum atomic E-state index is 0.0328. The maximum absolute atomic E-state index is 13.0. The minimum Gasteiger partial charge on any atom is -0.361 e. The fraction of sp³-hybridized carbons (Fsp3) is 0.409. The van der Waals surface area contributed by atoms with Gasteiger partial charge in [0.1, 0.15) is 11.5 Å². The third-order valence-corrected chi connectivity index (χ3v) is 5.58. The molecule has 3 aromatic rings. The highest BCUT2D eigenvalue weighted by Gasteiger charge is 2.30. The Bertz CT molecular complexity index is 993. The third kappa shape index (κ3) is 3.90. The number of nitrogens with zero attached hydrogens (tertiary/aromatic N) is 5. The number of pyridine rings is 1. The normalized spacial score (nSPS) is 16.4. The molecule has 4 heterocycles. The van der Waals surface area contributed by atoms with Crippen LogP contribution in [-0.2, 0) is 6.42 Å². The number of rotatable bonds is 5. The van der Waals surface area contributed by atoms with Crippen molar-refractivity contribution in [3.05, 3.63) is 59.1 Å². The van der Waals surface area contributed by atoms with Crippen LogP contribution in [0.3, 0.4) is 0 Å². The van der Waals surface area contributed by atoms with E-state index in [1.54, 1.807) is 12.4 Å². The third-order valence-electron chi connectivity index (χ3n) is 5.58. The monoisotopic (exact) mass is 391 g/mol. The van der Waals surface area contributed by atoms with E-state index in [9.17, 15) is 4.79 Å². The van der Waals surface area contributed by atoms with E-state index in [0.29, 0.717) is 5.69 Å². The highest BCUT2D eigenvalue weighted by molar-refractivity contribution is 5.94. The summed E-state index contributed by atoms with van der Waals surface area (Å²) in [5.74, 6) is 0.778. The van der Waals surface area contributed by atoms with Crippen molar-refractivity contribution in [1.82, 2.24) is 25.0 Å². The van der Waals surface area contributed by atoms with Crippen LogP contribution in [0, 0.1) is 20.8 Å². The van der Waals surface area contributed by atoms with E-state index in [0.717, 1.165) is 66.2 Å². The van der Waals surface area contributed by atoms with Gasteiger partial charge in [0.25, 0.3) is 5.91 Å². The SMILES string of the molecule is Cc1cccnc1C(=O)N1CCC[C@H]1CCc1cnc(-c2c(C)noc2C)cn1. The van der Waals surface area contributed by atoms with E-state index < -0.39 is 0 Å². The molecule has 0 bridgehead atoms. The largest absolute Gasteiger partial charge is 0.361 e. The number of aromatic nitrogens is 4. The van der Waals surface area contributed by atoms with E-state index in [1.165, 1.54) is 0 Å². The number of carbonyl (C=O) groups excluding carboxylic acids is 1. The van der Waals surface area contributed by atoms with Crippen LogP contribution < -0.4 is 0 Å². The van der Waals surface area contributed by atoms with Crippen LogP contribution >= 0.6 is 0 Å². The van der Waals surface area contributed by atoms with Gasteiger partial charge in [-0.25, -0.2) is 0 Å². The molecule has 1 saturated heterocycles. The fourth-order valence-electron chi connectivity index (χ4n) is 4.02. The lowest BCUT2D eigenvalue weighted by molar-refractivity contribution is 0.0723. The summed E-state index contributed by atoms with van der Waals surface area (Å²) in [6, 6.07) is 4.01. The summed E-state index contributed by atoms with van der Waals surface area (Å²) >= 11 is 0. The number of carbonyl (C=O) groups is 1. The van der Waals surface area contributed by atoms with Gasteiger partial charge in [-0.15, -0.1) is 0 Å². The Hall–Kier alpha value is -3.09. The first-order chi connectivity index (χ1) is 14.0. The molecule has 0 unspecified atom stereocenters. The van der Waals surface area contributed by atoms with Crippen LogP contribution in [0.4, 0.5) is 0 Å². The number of hydrogen-bond acceptors (Lipinski definition) is 6. The molecular formula is C22H25N5O2. The van der Waals surface area contributed by atoms with Crippen molar-refractivity contribution >= 4 is 5.91 Å². The number of hydrogen-bond donors (Lipinski definition) is 0. The predicted molar refractivity (Wildman–Crippen MR) is 108 cm³/mol. The Morgan fingerprint density at radius 1 is 1.21 bits per heavy atom. The summed E-state index contributed by atoms with van der Waals surface area (Å²) in [6.07, 6.45) is 8.96.